The third kappa shape index (κ3) is 2.49. The van der Waals surface area contributed by atoms with Gasteiger partial charge >= 0.3 is 0 Å². The number of H-pyrrole nitrogens is 1. The Labute approximate surface area is 120 Å². The van der Waals surface area contributed by atoms with Gasteiger partial charge in [-0.25, -0.2) is 0 Å². The lowest BCUT2D eigenvalue weighted by Gasteiger charge is -2.45. The lowest BCUT2D eigenvalue weighted by molar-refractivity contribution is 0.0168. The Kier molecular flexibility index (Phi) is 3.59. The number of aliphatic hydroxyl groups excluding tert-OH is 1. The van der Waals surface area contributed by atoms with Gasteiger partial charge < -0.3 is 15.0 Å². The molecule has 0 bridgehead atoms. The molecule has 4 nitrogen and oxygen atoms in total. The molecule has 2 fully saturated rings. The van der Waals surface area contributed by atoms with Crippen molar-refractivity contribution in [3.05, 3.63) is 23.5 Å². The standard InChI is InChI=1S/C16H24N2O2/c1-12-10-17-11-14(12)15(20)18-8-6-16(7-9-18)4-2-13(19)3-5-16/h10-11,13,17,19H,2-9H2,1H3. The SMILES string of the molecule is Cc1c[nH]cc1C(=O)N1CCC2(CCC(O)CC2)CC1. The second kappa shape index (κ2) is 5.24. The zero-order valence-electron chi connectivity index (χ0n) is 12.2. The van der Waals surface area contributed by atoms with Crippen LogP contribution in [0.15, 0.2) is 12.4 Å². The average molecular weight is 276 g/mol. The normalized spacial score (nSPS) is 23.2. The number of aliphatic hydroxyl groups is 1. The van der Waals surface area contributed by atoms with Crippen LogP contribution in [-0.2, 0) is 0 Å². The molecule has 0 aromatic carbocycles. The first-order chi connectivity index (χ1) is 9.60. The average Bonchev–Trinajstić information content (AvgIpc) is 2.89. The number of aromatic nitrogens is 1. The van der Waals surface area contributed by atoms with Crippen LogP contribution in [0.3, 0.4) is 0 Å². The van der Waals surface area contributed by atoms with E-state index in [9.17, 15) is 9.90 Å². The molecule has 1 saturated heterocycles. The lowest BCUT2D eigenvalue weighted by atomic mass is 9.67. The quantitative estimate of drug-likeness (QED) is 0.828. The third-order valence-corrected chi connectivity index (χ3v) is 5.31. The van der Waals surface area contributed by atoms with Crippen molar-refractivity contribution in [1.82, 2.24) is 9.88 Å². The highest BCUT2D eigenvalue weighted by Crippen LogP contribution is 2.44. The number of aryl methyl sites for hydroxylation is 1. The van der Waals surface area contributed by atoms with Crippen LogP contribution >= 0.6 is 0 Å². The summed E-state index contributed by atoms with van der Waals surface area (Å²) in [5, 5.41) is 9.65. The fraction of sp³-hybridized carbons (Fsp3) is 0.688. The van der Waals surface area contributed by atoms with E-state index in [0.29, 0.717) is 5.41 Å². The van der Waals surface area contributed by atoms with Gasteiger partial charge in [0.2, 0.25) is 0 Å². The van der Waals surface area contributed by atoms with Crippen molar-refractivity contribution in [2.75, 3.05) is 13.1 Å². The van der Waals surface area contributed by atoms with Crippen LogP contribution in [-0.4, -0.2) is 40.1 Å². The summed E-state index contributed by atoms with van der Waals surface area (Å²) in [4.78, 5) is 17.5. The smallest absolute Gasteiger partial charge is 0.255 e. The Morgan fingerprint density at radius 3 is 2.45 bits per heavy atom. The molecule has 4 heteroatoms. The maximum atomic E-state index is 12.5. The molecule has 0 radical (unpaired) electrons. The molecule has 0 atom stereocenters. The van der Waals surface area contributed by atoms with Gasteiger partial charge in [0.25, 0.3) is 5.91 Å². The summed E-state index contributed by atoms with van der Waals surface area (Å²) in [6.07, 6.45) is 9.89. The van der Waals surface area contributed by atoms with Gasteiger partial charge in [0, 0.05) is 25.5 Å². The van der Waals surface area contributed by atoms with Crippen LogP contribution < -0.4 is 0 Å². The van der Waals surface area contributed by atoms with Crippen molar-refractivity contribution >= 4 is 5.91 Å². The monoisotopic (exact) mass is 276 g/mol. The van der Waals surface area contributed by atoms with E-state index in [4.69, 9.17) is 0 Å². The minimum atomic E-state index is -0.0946. The molecule has 1 aliphatic heterocycles. The number of hydrogen-bond acceptors (Lipinski definition) is 2. The van der Waals surface area contributed by atoms with E-state index in [2.05, 4.69) is 4.98 Å². The number of likely N-dealkylation sites (tertiary alicyclic amines) is 1. The van der Waals surface area contributed by atoms with Gasteiger partial charge in [-0.1, -0.05) is 0 Å². The first-order valence-corrected chi connectivity index (χ1v) is 7.70. The first-order valence-electron chi connectivity index (χ1n) is 7.70. The van der Waals surface area contributed by atoms with E-state index < -0.39 is 0 Å². The summed E-state index contributed by atoms with van der Waals surface area (Å²) in [5.74, 6) is 0.162. The maximum Gasteiger partial charge on any atom is 0.255 e. The Balaban J connectivity index is 1.61. The van der Waals surface area contributed by atoms with Crippen molar-refractivity contribution in [2.45, 2.75) is 51.6 Å². The number of amides is 1. The van der Waals surface area contributed by atoms with Crippen LogP contribution in [0.4, 0.5) is 0 Å². The summed E-state index contributed by atoms with van der Waals surface area (Å²) in [6, 6.07) is 0. The van der Waals surface area contributed by atoms with E-state index in [-0.39, 0.29) is 12.0 Å². The molecular weight excluding hydrogens is 252 g/mol. The van der Waals surface area contributed by atoms with Crippen LogP contribution in [0.25, 0.3) is 0 Å². The van der Waals surface area contributed by atoms with Crippen molar-refractivity contribution in [2.24, 2.45) is 5.41 Å². The van der Waals surface area contributed by atoms with E-state index in [1.54, 1.807) is 6.20 Å². The van der Waals surface area contributed by atoms with E-state index in [1.165, 1.54) is 0 Å². The van der Waals surface area contributed by atoms with Crippen LogP contribution in [0.2, 0.25) is 0 Å². The summed E-state index contributed by atoms with van der Waals surface area (Å²) >= 11 is 0. The molecule has 1 spiro atoms. The van der Waals surface area contributed by atoms with Crippen molar-refractivity contribution < 1.29 is 9.90 Å². The van der Waals surface area contributed by atoms with Crippen LogP contribution in [0.1, 0.15) is 54.4 Å². The molecule has 1 saturated carbocycles. The number of carbonyl (C=O) groups is 1. The zero-order chi connectivity index (χ0) is 14.2. The number of hydrogen-bond donors (Lipinski definition) is 2. The molecular formula is C16H24N2O2. The number of nitrogens with zero attached hydrogens (tertiary/aromatic N) is 1. The van der Waals surface area contributed by atoms with Gasteiger partial charge in [-0.05, 0) is 56.4 Å². The van der Waals surface area contributed by atoms with Gasteiger partial charge in [0.1, 0.15) is 0 Å². The van der Waals surface area contributed by atoms with Crippen molar-refractivity contribution in [3.8, 4) is 0 Å². The number of nitrogens with one attached hydrogen (secondary N) is 1. The predicted molar refractivity (Wildman–Crippen MR) is 77.6 cm³/mol. The Morgan fingerprint density at radius 1 is 1.25 bits per heavy atom. The number of carbonyl (C=O) groups excluding carboxylic acids is 1. The molecule has 20 heavy (non-hydrogen) atoms. The minimum Gasteiger partial charge on any atom is -0.393 e. The highest BCUT2D eigenvalue weighted by atomic mass is 16.3. The maximum absolute atomic E-state index is 12.5. The largest absolute Gasteiger partial charge is 0.393 e. The lowest BCUT2D eigenvalue weighted by Crippen LogP contribution is -2.45. The Bertz CT molecular complexity index is 476. The molecule has 1 aliphatic carbocycles. The first kappa shape index (κ1) is 13.7. The summed E-state index contributed by atoms with van der Waals surface area (Å²) in [7, 11) is 0. The molecule has 2 heterocycles. The van der Waals surface area contributed by atoms with Crippen molar-refractivity contribution in [1.29, 1.82) is 0 Å². The van der Waals surface area contributed by atoms with Gasteiger partial charge in [0.05, 0.1) is 11.7 Å². The Morgan fingerprint density at radius 2 is 1.90 bits per heavy atom. The number of aromatic amines is 1. The highest BCUT2D eigenvalue weighted by Gasteiger charge is 2.38. The molecule has 110 valence electrons. The molecule has 1 aromatic heterocycles. The second-order valence-electron chi connectivity index (χ2n) is 6.58. The molecule has 2 aliphatic rings. The van der Waals surface area contributed by atoms with E-state index >= 15 is 0 Å². The number of piperidine rings is 1. The highest BCUT2D eigenvalue weighted by molar-refractivity contribution is 5.95. The van der Waals surface area contributed by atoms with Crippen molar-refractivity contribution in [3.63, 3.8) is 0 Å². The molecule has 1 amide bonds. The molecule has 2 N–H and O–H groups in total. The molecule has 3 rings (SSSR count). The molecule has 1 aromatic rings. The zero-order valence-corrected chi connectivity index (χ0v) is 12.2. The summed E-state index contributed by atoms with van der Waals surface area (Å²) in [6.45, 7) is 3.69. The second-order valence-corrected chi connectivity index (χ2v) is 6.58. The summed E-state index contributed by atoms with van der Waals surface area (Å²) < 4.78 is 0. The molecule has 0 unspecified atom stereocenters. The fourth-order valence-electron chi connectivity index (χ4n) is 3.74. The third-order valence-electron chi connectivity index (χ3n) is 5.31. The van der Waals surface area contributed by atoms with E-state index in [0.717, 1.165) is 62.7 Å². The predicted octanol–water partition coefficient (Wildman–Crippen LogP) is 2.48. The minimum absolute atomic E-state index is 0.0946. The topological polar surface area (TPSA) is 56.3 Å². The summed E-state index contributed by atoms with van der Waals surface area (Å²) in [5.41, 5.74) is 2.22. The number of rotatable bonds is 1. The van der Waals surface area contributed by atoms with Crippen LogP contribution in [0, 0.1) is 12.3 Å². The van der Waals surface area contributed by atoms with Gasteiger partial charge in [-0.3, -0.25) is 4.79 Å². The van der Waals surface area contributed by atoms with Gasteiger partial charge in [0.15, 0.2) is 0 Å². The van der Waals surface area contributed by atoms with Gasteiger partial charge in [-0.15, -0.1) is 0 Å². The Hall–Kier alpha value is -1.29. The van der Waals surface area contributed by atoms with Crippen LogP contribution in [0.5, 0.6) is 0 Å². The fourth-order valence-corrected chi connectivity index (χ4v) is 3.74. The van der Waals surface area contributed by atoms with Gasteiger partial charge in [-0.2, -0.15) is 0 Å². The van der Waals surface area contributed by atoms with E-state index in [1.807, 2.05) is 18.0 Å².